The van der Waals surface area contributed by atoms with Crippen molar-refractivity contribution in [2.45, 2.75) is 27.2 Å². The van der Waals surface area contributed by atoms with E-state index in [-0.39, 0.29) is 0 Å². The van der Waals surface area contributed by atoms with Crippen molar-refractivity contribution in [2.24, 2.45) is 0 Å². The van der Waals surface area contributed by atoms with Crippen LogP contribution in [0, 0.1) is 6.92 Å². The Morgan fingerprint density at radius 2 is 2.12 bits per heavy atom. The van der Waals surface area contributed by atoms with Gasteiger partial charge >= 0.3 is 0 Å². The lowest BCUT2D eigenvalue weighted by Crippen LogP contribution is -2.29. The van der Waals surface area contributed by atoms with E-state index in [1.54, 1.807) is 6.20 Å². The van der Waals surface area contributed by atoms with E-state index in [0.717, 1.165) is 37.6 Å². The van der Waals surface area contributed by atoms with Crippen LogP contribution >= 0.6 is 0 Å². The summed E-state index contributed by atoms with van der Waals surface area (Å²) in [5.41, 5.74) is 7.48. The number of nitrogen functional groups attached to an aromatic ring is 1. The summed E-state index contributed by atoms with van der Waals surface area (Å²) in [7, 11) is 0. The topological polar surface area (TPSA) is 54.2 Å². The molecule has 0 aromatic carbocycles. The minimum atomic E-state index is 0.717. The Kier molecular flexibility index (Phi) is 5.77. The van der Waals surface area contributed by atoms with E-state index in [1.807, 2.05) is 13.0 Å². The molecule has 1 heterocycles. The molecule has 1 aromatic rings. The Bertz CT molecular complexity index is 338. The van der Waals surface area contributed by atoms with Crippen LogP contribution in [-0.2, 0) is 0 Å². The second-order valence-electron chi connectivity index (χ2n) is 4.30. The molecule has 0 spiro atoms. The highest BCUT2D eigenvalue weighted by Crippen LogP contribution is 2.13. The van der Waals surface area contributed by atoms with Gasteiger partial charge in [0.05, 0.1) is 11.9 Å². The van der Waals surface area contributed by atoms with Gasteiger partial charge in [0.1, 0.15) is 5.82 Å². The Hall–Kier alpha value is -1.29. The zero-order valence-corrected chi connectivity index (χ0v) is 11.2. The number of aryl methyl sites for hydroxylation is 1. The van der Waals surface area contributed by atoms with Gasteiger partial charge in [-0.05, 0) is 38.1 Å². The normalized spacial score (nSPS) is 10.8. The largest absolute Gasteiger partial charge is 0.397 e. The molecular formula is C13H24N4. The molecule has 17 heavy (non-hydrogen) atoms. The van der Waals surface area contributed by atoms with Gasteiger partial charge in [-0.2, -0.15) is 0 Å². The van der Waals surface area contributed by atoms with Crippen molar-refractivity contribution < 1.29 is 0 Å². The third kappa shape index (κ3) is 4.61. The first kappa shape index (κ1) is 13.8. The van der Waals surface area contributed by atoms with E-state index in [0.29, 0.717) is 5.69 Å². The SMILES string of the molecule is CCCN(CC)CCNc1ncc(N)cc1C. The van der Waals surface area contributed by atoms with Crippen molar-refractivity contribution in [3.05, 3.63) is 17.8 Å². The molecule has 3 N–H and O–H groups in total. The maximum absolute atomic E-state index is 5.67. The van der Waals surface area contributed by atoms with Crippen LogP contribution in [0.4, 0.5) is 11.5 Å². The van der Waals surface area contributed by atoms with E-state index in [4.69, 9.17) is 5.73 Å². The fourth-order valence-electron chi connectivity index (χ4n) is 1.86. The Morgan fingerprint density at radius 3 is 2.71 bits per heavy atom. The molecule has 0 unspecified atom stereocenters. The van der Waals surface area contributed by atoms with Gasteiger partial charge < -0.3 is 16.0 Å². The zero-order chi connectivity index (χ0) is 12.7. The third-order valence-electron chi connectivity index (χ3n) is 2.81. The molecule has 0 fully saturated rings. The quantitative estimate of drug-likeness (QED) is 0.761. The highest BCUT2D eigenvalue weighted by atomic mass is 15.1. The van der Waals surface area contributed by atoms with Crippen LogP contribution in [0.5, 0.6) is 0 Å². The summed E-state index contributed by atoms with van der Waals surface area (Å²) >= 11 is 0. The number of likely N-dealkylation sites (N-methyl/N-ethyl adjacent to an activating group) is 1. The van der Waals surface area contributed by atoms with Crippen molar-refractivity contribution in [1.82, 2.24) is 9.88 Å². The van der Waals surface area contributed by atoms with Gasteiger partial charge in [0.2, 0.25) is 0 Å². The number of hydrogen-bond acceptors (Lipinski definition) is 4. The van der Waals surface area contributed by atoms with Crippen molar-refractivity contribution in [3.63, 3.8) is 0 Å². The lowest BCUT2D eigenvalue weighted by atomic mass is 10.2. The molecule has 0 aliphatic rings. The van der Waals surface area contributed by atoms with E-state index >= 15 is 0 Å². The van der Waals surface area contributed by atoms with Crippen molar-refractivity contribution >= 4 is 11.5 Å². The molecule has 96 valence electrons. The fraction of sp³-hybridized carbons (Fsp3) is 0.615. The molecular weight excluding hydrogens is 212 g/mol. The monoisotopic (exact) mass is 236 g/mol. The minimum absolute atomic E-state index is 0.717. The molecule has 0 aliphatic heterocycles. The van der Waals surface area contributed by atoms with Crippen LogP contribution in [0.2, 0.25) is 0 Å². The predicted octanol–water partition coefficient (Wildman–Crippen LogP) is 2.12. The Balaban J connectivity index is 2.39. The predicted molar refractivity (Wildman–Crippen MR) is 74.3 cm³/mol. The molecule has 0 radical (unpaired) electrons. The van der Waals surface area contributed by atoms with Crippen LogP contribution in [0.3, 0.4) is 0 Å². The van der Waals surface area contributed by atoms with Crippen molar-refractivity contribution in [1.29, 1.82) is 0 Å². The molecule has 1 rings (SSSR count). The van der Waals surface area contributed by atoms with E-state index in [2.05, 4.69) is 29.0 Å². The summed E-state index contributed by atoms with van der Waals surface area (Å²) < 4.78 is 0. The van der Waals surface area contributed by atoms with Gasteiger partial charge in [0.25, 0.3) is 0 Å². The van der Waals surface area contributed by atoms with Gasteiger partial charge in [-0.15, -0.1) is 0 Å². The Labute approximate surface area is 104 Å². The molecule has 0 bridgehead atoms. The summed E-state index contributed by atoms with van der Waals surface area (Å²) in [5, 5.41) is 3.36. The molecule has 0 atom stereocenters. The average molecular weight is 236 g/mol. The van der Waals surface area contributed by atoms with Gasteiger partial charge in [-0.3, -0.25) is 0 Å². The first-order valence-electron chi connectivity index (χ1n) is 6.35. The summed E-state index contributed by atoms with van der Waals surface area (Å²) in [6.07, 6.45) is 2.89. The lowest BCUT2D eigenvalue weighted by Gasteiger charge is -2.20. The molecule has 0 amide bonds. The summed E-state index contributed by atoms with van der Waals surface area (Å²) in [5.74, 6) is 0.937. The summed E-state index contributed by atoms with van der Waals surface area (Å²) in [6, 6.07) is 1.94. The maximum Gasteiger partial charge on any atom is 0.129 e. The van der Waals surface area contributed by atoms with E-state index < -0.39 is 0 Å². The number of rotatable bonds is 7. The van der Waals surface area contributed by atoms with Crippen LogP contribution in [-0.4, -0.2) is 36.1 Å². The first-order valence-corrected chi connectivity index (χ1v) is 6.35. The number of anilines is 2. The standard InChI is InChI=1S/C13H24N4/c1-4-7-17(5-2)8-6-15-13-11(3)9-12(14)10-16-13/h9-10H,4-8,14H2,1-3H3,(H,15,16). The summed E-state index contributed by atoms with van der Waals surface area (Å²) in [4.78, 5) is 6.72. The second-order valence-corrected chi connectivity index (χ2v) is 4.30. The average Bonchev–Trinajstić information content (AvgIpc) is 2.30. The number of nitrogens with two attached hydrogens (primary N) is 1. The summed E-state index contributed by atoms with van der Waals surface area (Å²) in [6.45, 7) is 10.7. The van der Waals surface area contributed by atoms with Crippen LogP contribution < -0.4 is 11.1 Å². The molecule has 0 saturated carbocycles. The number of nitrogens with one attached hydrogen (secondary N) is 1. The first-order chi connectivity index (χ1) is 8.17. The molecule has 1 aromatic heterocycles. The second kappa shape index (κ2) is 7.12. The molecule has 0 saturated heterocycles. The number of hydrogen-bond donors (Lipinski definition) is 2. The molecule has 0 aliphatic carbocycles. The van der Waals surface area contributed by atoms with Gasteiger partial charge in [0, 0.05) is 13.1 Å². The van der Waals surface area contributed by atoms with Crippen LogP contribution in [0.15, 0.2) is 12.3 Å². The molecule has 4 nitrogen and oxygen atoms in total. The fourth-order valence-corrected chi connectivity index (χ4v) is 1.86. The van der Waals surface area contributed by atoms with Crippen LogP contribution in [0.1, 0.15) is 25.8 Å². The zero-order valence-electron chi connectivity index (χ0n) is 11.2. The maximum atomic E-state index is 5.67. The van der Waals surface area contributed by atoms with Gasteiger partial charge in [0.15, 0.2) is 0 Å². The van der Waals surface area contributed by atoms with Crippen molar-refractivity contribution in [2.75, 3.05) is 37.2 Å². The van der Waals surface area contributed by atoms with E-state index in [1.165, 1.54) is 6.42 Å². The number of nitrogens with zero attached hydrogens (tertiary/aromatic N) is 2. The molecule has 4 heteroatoms. The van der Waals surface area contributed by atoms with Crippen LogP contribution in [0.25, 0.3) is 0 Å². The number of pyridine rings is 1. The minimum Gasteiger partial charge on any atom is -0.397 e. The lowest BCUT2D eigenvalue weighted by molar-refractivity contribution is 0.300. The Morgan fingerprint density at radius 1 is 1.35 bits per heavy atom. The van der Waals surface area contributed by atoms with Crippen molar-refractivity contribution in [3.8, 4) is 0 Å². The smallest absolute Gasteiger partial charge is 0.129 e. The number of aromatic nitrogens is 1. The highest BCUT2D eigenvalue weighted by molar-refractivity contribution is 5.50. The third-order valence-corrected chi connectivity index (χ3v) is 2.81. The van der Waals surface area contributed by atoms with E-state index in [9.17, 15) is 0 Å². The highest BCUT2D eigenvalue weighted by Gasteiger charge is 2.02. The van der Waals surface area contributed by atoms with Gasteiger partial charge in [-0.25, -0.2) is 4.98 Å². The van der Waals surface area contributed by atoms with Gasteiger partial charge in [-0.1, -0.05) is 13.8 Å².